The van der Waals surface area contributed by atoms with Gasteiger partial charge in [0.15, 0.2) is 5.78 Å². The average molecular weight is 279 g/mol. The summed E-state index contributed by atoms with van der Waals surface area (Å²) in [5.74, 6) is -0.379. The minimum atomic E-state index is -0.286. The highest BCUT2D eigenvalue weighted by molar-refractivity contribution is 5.97. The number of ether oxygens (including phenoxy) is 1. The standard InChI is InChI=1S/C16H22FNO2/c1-12-10-13(5-6-15(12)17)16(19)11-20-9-7-14-4-2-3-8-18-14/h5-6,10,14,18H,2-4,7-9,11H2,1H3. The number of halogens is 1. The molecule has 0 bridgehead atoms. The molecule has 1 aromatic rings. The summed E-state index contributed by atoms with van der Waals surface area (Å²) in [7, 11) is 0. The Labute approximate surface area is 119 Å². The predicted molar refractivity (Wildman–Crippen MR) is 76.5 cm³/mol. The van der Waals surface area contributed by atoms with Gasteiger partial charge in [0.1, 0.15) is 12.4 Å². The summed E-state index contributed by atoms with van der Waals surface area (Å²) in [6, 6.07) is 4.93. The fraction of sp³-hybridized carbons (Fsp3) is 0.562. The largest absolute Gasteiger partial charge is 0.373 e. The number of carbonyl (C=O) groups excluding carboxylic acids is 1. The number of ketones is 1. The molecule has 0 radical (unpaired) electrons. The summed E-state index contributed by atoms with van der Waals surface area (Å²) in [4.78, 5) is 11.9. The maximum Gasteiger partial charge on any atom is 0.188 e. The molecule has 110 valence electrons. The van der Waals surface area contributed by atoms with Crippen molar-refractivity contribution in [1.82, 2.24) is 5.32 Å². The van der Waals surface area contributed by atoms with Gasteiger partial charge in [0.2, 0.25) is 0 Å². The molecular weight excluding hydrogens is 257 g/mol. The van der Waals surface area contributed by atoms with E-state index in [1.165, 1.54) is 31.4 Å². The van der Waals surface area contributed by atoms with E-state index in [0.29, 0.717) is 23.8 Å². The fourth-order valence-corrected chi connectivity index (χ4v) is 2.46. The topological polar surface area (TPSA) is 38.3 Å². The summed E-state index contributed by atoms with van der Waals surface area (Å²) < 4.78 is 18.6. The molecule has 4 heteroatoms. The number of aryl methyl sites for hydroxylation is 1. The van der Waals surface area contributed by atoms with E-state index in [4.69, 9.17) is 4.74 Å². The van der Waals surface area contributed by atoms with Gasteiger partial charge in [0, 0.05) is 18.2 Å². The molecule has 0 amide bonds. The molecule has 0 spiro atoms. The molecular formula is C16H22FNO2. The zero-order valence-corrected chi connectivity index (χ0v) is 12.0. The molecule has 1 saturated heterocycles. The highest BCUT2D eigenvalue weighted by Gasteiger charge is 2.13. The molecule has 3 nitrogen and oxygen atoms in total. The number of carbonyl (C=O) groups is 1. The Morgan fingerprint density at radius 3 is 3.00 bits per heavy atom. The number of hydrogen-bond acceptors (Lipinski definition) is 3. The van der Waals surface area contributed by atoms with Gasteiger partial charge in [-0.15, -0.1) is 0 Å². The van der Waals surface area contributed by atoms with Crippen LogP contribution >= 0.6 is 0 Å². The van der Waals surface area contributed by atoms with Crippen LogP contribution in [-0.4, -0.2) is 31.6 Å². The first-order chi connectivity index (χ1) is 9.66. The Morgan fingerprint density at radius 1 is 1.45 bits per heavy atom. The van der Waals surface area contributed by atoms with Crippen molar-refractivity contribution in [2.24, 2.45) is 0 Å². The summed E-state index contributed by atoms with van der Waals surface area (Å²) in [6.07, 6.45) is 4.65. The maximum absolute atomic E-state index is 13.1. The normalized spacial score (nSPS) is 19.0. The van der Waals surface area contributed by atoms with E-state index in [1.807, 2.05) is 0 Å². The molecule has 0 aliphatic carbocycles. The van der Waals surface area contributed by atoms with E-state index < -0.39 is 0 Å². The maximum atomic E-state index is 13.1. The van der Waals surface area contributed by atoms with Gasteiger partial charge in [-0.2, -0.15) is 0 Å². The molecule has 0 aromatic heterocycles. The Morgan fingerprint density at radius 2 is 2.30 bits per heavy atom. The van der Waals surface area contributed by atoms with E-state index in [2.05, 4.69) is 5.32 Å². The summed E-state index contributed by atoms with van der Waals surface area (Å²) >= 11 is 0. The highest BCUT2D eigenvalue weighted by Crippen LogP contribution is 2.11. The first-order valence-electron chi connectivity index (χ1n) is 7.27. The van der Waals surface area contributed by atoms with Crippen molar-refractivity contribution in [2.75, 3.05) is 19.8 Å². The monoisotopic (exact) mass is 279 g/mol. The van der Waals surface area contributed by atoms with Crippen LogP contribution in [0.1, 0.15) is 41.6 Å². The van der Waals surface area contributed by atoms with Gasteiger partial charge in [0.25, 0.3) is 0 Å². The minimum absolute atomic E-state index is 0.0673. The van der Waals surface area contributed by atoms with Crippen LogP contribution in [0.3, 0.4) is 0 Å². The van der Waals surface area contributed by atoms with E-state index >= 15 is 0 Å². The van der Waals surface area contributed by atoms with Gasteiger partial charge < -0.3 is 10.1 Å². The van der Waals surface area contributed by atoms with Gasteiger partial charge in [-0.05, 0) is 56.5 Å². The van der Waals surface area contributed by atoms with Crippen LogP contribution in [0.5, 0.6) is 0 Å². The van der Waals surface area contributed by atoms with E-state index in [0.717, 1.165) is 13.0 Å². The lowest BCUT2D eigenvalue weighted by atomic mass is 10.0. The van der Waals surface area contributed by atoms with Crippen LogP contribution < -0.4 is 5.32 Å². The number of nitrogens with one attached hydrogen (secondary N) is 1. The summed E-state index contributed by atoms with van der Waals surface area (Å²) in [5, 5.41) is 3.45. The lowest BCUT2D eigenvalue weighted by Gasteiger charge is -2.23. The molecule has 1 aliphatic rings. The highest BCUT2D eigenvalue weighted by atomic mass is 19.1. The number of benzene rings is 1. The molecule has 1 aliphatic heterocycles. The Hall–Kier alpha value is -1.26. The van der Waals surface area contributed by atoms with Gasteiger partial charge in [0.05, 0.1) is 0 Å². The number of rotatable bonds is 6. The molecule has 1 fully saturated rings. The van der Waals surface area contributed by atoms with Crippen LogP contribution in [0.15, 0.2) is 18.2 Å². The second-order valence-electron chi connectivity index (χ2n) is 5.38. The van der Waals surface area contributed by atoms with E-state index in [9.17, 15) is 9.18 Å². The molecule has 1 aromatic carbocycles. The van der Waals surface area contributed by atoms with Crippen LogP contribution in [-0.2, 0) is 4.74 Å². The lowest BCUT2D eigenvalue weighted by molar-refractivity contribution is 0.0736. The molecule has 1 atom stereocenters. The zero-order chi connectivity index (χ0) is 14.4. The van der Waals surface area contributed by atoms with Gasteiger partial charge in [-0.25, -0.2) is 4.39 Å². The third-order valence-electron chi connectivity index (χ3n) is 3.74. The van der Waals surface area contributed by atoms with Crippen LogP contribution in [0, 0.1) is 12.7 Å². The fourth-order valence-electron chi connectivity index (χ4n) is 2.46. The third-order valence-corrected chi connectivity index (χ3v) is 3.74. The third kappa shape index (κ3) is 4.39. The van der Waals surface area contributed by atoms with Gasteiger partial charge in [-0.1, -0.05) is 6.42 Å². The quantitative estimate of drug-likeness (QED) is 0.643. The van der Waals surface area contributed by atoms with Crippen molar-refractivity contribution in [3.8, 4) is 0 Å². The van der Waals surface area contributed by atoms with Crippen molar-refractivity contribution in [3.63, 3.8) is 0 Å². The number of hydrogen-bond donors (Lipinski definition) is 1. The van der Waals surface area contributed by atoms with Crippen LogP contribution in [0.4, 0.5) is 4.39 Å². The van der Waals surface area contributed by atoms with Crippen molar-refractivity contribution in [1.29, 1.82) is 0 Å². The Bertz CT molecular complexity index is 456. The summed E-state index contributed by atoms with van der Waals surface area (Å²) in [5.41, 5.74) is 1.00. The Balaban J connectivity index is 1.70. The molecule has 0 saturated carbocycles. The Kier molecular flexibility index (Phi) is 5.68. The SMILES string of the molecule is Cc1cc(C(=O)COCCC2CCCCN2)ccc1F. The van der Waals surface area contributed by atoms with Crippen molar-refractivity contribution >= 4 is 5.78 Å². The lowest BCUT2D eigenvalue weighted by Crippen LogP contribution is -2.34. The van der Waals surface area contributed by atoms with Gasteiger partial charge in [-0.3, -0.25) is 4.79 Å². The van der Waals surface area contributed by atoms with Crippen molar-refractivity contribution in [3.05, 3.63) is 35.1 Å². The second-order valence-corrected chi connectivity index (χ2v) is 5.38. The van der Waals surface area contributed by atoms with Crippen molar-refractivity contribution < 1.29 is 13.9 Å². The predicted octanol–water partition coefficient (Wildman–Crippen LogP) is 2.87. The molecule has 20 heavy (non-hydrogen) atoms. The second kappa shape index (κ2) is 7.50. The smallest absolute Gasteiger partial charge is 0.188 e. The van der Waals surface area contributed by atoms with Gasteiger partial charge >= 0.3 is 0 Å². The summed E-state index contributed by atoms with van der Waals surface area (Å²) in [6.45, 7) is 3.39. The van der Waals surface area contributed by atoms with Crippen LogP contribution in [0.2, 0.25) is 0 Å². The molecule has 1 N–H and O–H groups in total. The molecule has 1 heterocycles. The first-order valence-corrected chi connectivity index (χ1v) is 7.27. The van der Waals surface area contributed by atoms with E-state index in [1.54, 1.807) is 13.0 Å². The first kappa shape index (κ1) is 15.1. The molecule has 2 rings (SSSR count). The minimum Gasteiger partial charge on any atom is -0.373 e. The number of Topliss-reactive ketones (excluding diaryl/α,β-unsaturated/α-hetero) is 1. The zero-order valence-electron chi connectivity index (χ0n) is 12.0. The average Bonchev–Trinajstić information content (AvgIpc) is 2.47. The van der Waals surface area contributed by atoms with E-state index in [-0.39, 0.29) is 18.2 Å². The molecule has 1 unspecified atom stereocenters. The van der Waals surface area contributed by atoms with Crippen molar-refractivity contribution in [2.45, 2.75) is 38.6 Å². The number of piperidine rings is 1. The van der Waals surface area contributed by atoms with Crippen LogP contribution in [0.25, 0.3) is 0 Å².